The zero-order valence-corrected chi connectivity index (χ0v) is 16.4. The number of urea groups is 1. The first kappa shape index (κ1) is 19.3. The zero-order chi connectivity index (χ0) is 19.2. The molecule has 142 valence electrons. The molecule has 0 aromatic heterocycles. The minimum absolute atomic E-state index is 0.139. The monoisotopic (exact) mass is 384 g/mol. The van der Waals surface area contributed by atoms with Crippen molar-refractivity contribution in [2.24, 2.45) is 0 Å². The molecule has 1 aliphatic rings. The Hall–Kier alpha value is -2.47. The number of anilines is 2. The van der Waals surface area contributed by atoms with E-state index in [1.54, 1.807) is 6.92 Å². The molecule has 0 spiro atoms. The molecule has 1 atom stereocenters. The largest absolute Gasteiger partial charge is 0.466 e. The third-order valence-corrected chi connectivity index (χ3v) is 5.81. The fraction of sp³-hybridized carbons (Fsp3) is 0.333. The van der Waals surface area contributed by atoms with Crippen molar-refractivity contribution in [1.82, 2.24) is 0 Å². The lowest BCUT2D eigenvalue weighted by atomic mass is 10.1. The Balaban J connectivity index is 1.69. The van der Waals surface area contributed by atoms with Crippen LogP contribution in [0.3, 0.4) is 0 Å². The molecule has 0 saturated heterocycles. The SMILES string of the molecule is CCOC(=O)Cc1ccc(NC(=O)N2C[C@@H](CC)Sc3ccccc32)cc1. The van der Waals surface area contributed by atoms with Crippen LogP contribution in [0, 0.1) is 0 Å². The lowest BCUT2D eigenvalue weighted by Gasteiger charge is -2.33. The van der Waals surface area contributed by atoms with Gasteiger partial charge < -0.3 is 10.1 Å². The summed E-state index contributed by atoms with van der Waals surface area (Å²) in [5.74, 6) is -0.248. The molecular weight excluding hydrogens is 360 g/mol. The second kappa shape index (κ2) is 8.95. The lowest BCUT2D eigenvalue weighted by molar-refractivity contribution is -0.142. The van der Waals surface area contributed by atoms with Crippen LogP contribution in [-0.2, 0) is 16.0 Å². The zero-order valence-electron chi connectivity index (χ0n) is 15.6. The van der Waals surface area contributed by atoms with Crippen molar-refractivity contribution >= 4 is 35.1 Å². The van der Waals surface area contributed by atoms with Gasteiger partial charge in [-0.25, -0.2) is 4.79 Å². The number of amides is 2. The first-order valence-electron chi connectivity index (χ1n) is 9.19. The molecule has 0 unspecified atom stereocenters. The Morgan fingerprint density at radius 2 is 1.89 bits per heavy atom. The highest BCUT2D eigenvalue weighted by atomic mass is 32.2. The molecule has 0 fully saturated rings. The number of para-hydroxylation sites is 1. The summed E-state index contributed by atoms with van der Waals surface area (Å²) in [6.07, 6.45) is 1.24. The minimum Gasteiger partial charge on any atom is -0.466 e. The molecule has 1 aliphatic heterocycles. The predicted octanol–water partition coefficient (Wildman–Crippen LogP) is 4.72. The molecule has 0 bridgehead atoms. The van der Waals surface area contributed by atoms with E-state index in [0.29, 0.717) is 24.1 Å². The number of hydrogen-bond acceptors (Lipinski definition) is 4. The summed E-state index contributed by atoms with van der Waals surface area (Å²) in [7, 11) is 0. The van der Waals surface area contributed by atoms with E-state index in [0.717, 1.165) is 22.6 Å². The van der Waals surface area contributed by atoms with E-state index >= 15 is 0 Å². The van der Waals surface area contributed by atoms with Crippen LogP contribution in [0.1, 0.15) is 25.8 Å². The van der Waals surface area contributed by atoms with E-state index in [1.165, 1.54) is 0 Å². The standard InChI is InChI=1S/C21H24N2O3S/c1-3-17-14-23(18-7-5-6-8-19(18)27-17)21(25)22-16-11-9-15(10-12-16)13-20(24)26-4-2/h5-12,17H,3-4,13-14H2,1-2H3,(H,22,25)/t17-/m1/s1. The highest BCUT2D eigenvalue weighted by Crippen LogP contribution is 2.39. The van der Waals surface area contributed by atoms with Crippen molar-refractivity contribution in [3.8, 4) is 0 Å². The molecule has 2 aromatic rings. The number of rotatable bonds is 5. The van der Waals surface area contributed by atoms with E-state index in [9.17, 15) is 9.59 Å². The Morgan fingerprint density at radius 3 is 2.59 bits per heavy atom. The number of fused-ring (bicyclic) bond motifs is 1. The minimum atomic E-state index is -0.248. The van der Waals surface area contributed by atoms with Gasteiger partial charge in [0.25, 0.3) is 0 Å². The number of hydrogen-bond donors (Lipinski definition) is 1. The van der Waals surface area contributed by atoms with Gasteiger partial charge in [-0.3, -0.25) is 9.69 Å². The number of carbonyl (C=O) groups excluding carboxylic acids is 2. The molecule has 5 nitrogen and oxygen atoms in total. The molecule has 0 radical (unpaired) electrons. The number of benzene rings is 2. The maximum atomic E-state index is 12.9. The predicted molar refractivity (Wildman–Crippen MR) is 110 cm³/mol. The molecule has 2 amide bonds. The number of nitrogens with one attached hydrogen (secondary N) is 1. The van der Waals surface area contributed by atoms with E-state index < -0.39 is 0 Å². The summed E-state index contributed by atoms with van der Waals surface area (Å²) in [6.45, 7) is 4.99. The van der Waals surface area contributed by atoms with Gasteiger partial charge in [-0.15, -0.1) is 11.8 Å². The van der Waals surface area contributed by atoms with Crippen LogP contribution in [0.4, 0.5) is 16.2 Å². The van der Waals surface area contributed by atoms with Crippen LogP contribution in [-0.4, -0.2) is 30.4 Å². The van der Waals surface area contributed by atoms with Gasteiger partial charge in [0, 0.05) is 22.4 Å². The molecular formula is C21H24N2O3S. The van der Waals surface area contributed by atoms with E-state index in [4.69, 9.17) is 4.74 Å². The Labute approximate surface area is 164 Å². The van der Waals surface area contributed by atoms with Gasteiger partial charge in [0.1, 0.15) is 0 Å². The van der Waals surface area contributed by atoms with E-state index in [-0.39, 0.29) is 18.4 Å². The van der Waals surface area contributed by atoms with Crippen LogP contribution >= 0.6 is 11.8 Å². The van der Waals surface area contributed by atoms with Gasteiger partial charge in [-0.1, -0.05) is 31.2 Å². The van der Waals surface area contributed by atoms with Crippen molar-refractivity contribution in [1.29, 1.82) is 0 Å². The van der Waals surface area contributed by atoms with Crippen molar-refractivity contribution in [3.63, 3.8) is 0 Å². The van der Waals surface area contributed by atoms with E-state index in [2.05, 4.69) is 18.3 Å². The number of esters is 1. The fourth-order valence-corrected chi connectivity index (χ4v) is 4.18. The highest BCUT2D eigenvalue weighted by molar-refractivity contribution is 8.00. The van der Waals surface area contributed by atoms with Gasteiger partial charge in [0.15, 0.2) is 0 Å². The second-order valence-electron chi connectivity index (χ2n) is 6.34. The number of ether oxygens (including phenoxy) is 1. The van der Waals surface area contributed by atoms with Crippen LogP contribution in [0.25, 0.3) is 0 Å². The Morgan fingerprint density at radius 1 is 1.15 bits per heavy atom. The summed E-state index contributed by atoms with van der Waals surface area (Å²) in [5, 5.41) is 3.35. The molecule has 0 saturated carbocycles. The summed E-state index contributed by atoms with van der Waals surface area (Å²) in [4.78, 5) is 27.4. The number of nitrogens with zero attached hydrogens (tertiary/aromatic N) is 1. The summed E-state index contributed by atoms with van der Waals surface area (Å²) in [6, 6.07) is 15.2. The van der Waals surface area contributed by atoms with Gasteiger partial charge >= 0.3 is 12.0 Å². The summed E-state index contributed by atoms with van der Waals surface area (Å²) < 4.78 is 4.96. The summed E-state index contributed by atoms with van der Waals surface area (Å²) in [5.41, 5.74) is 2.51. The average molecular weight is 385 g/mol. The smallest absolute Gasteiger partial charge is 0.326 e. The third kappa shape index (κ3) is 4.83. The molecule has 2 aromatic carbocycles. The van der Waals surface area contributed by atoms with Crippen LogP contribution in [0.2, 0.25) is 0 Å². The van der Waals surface area contributed by atoms with Crippen molar-refractivity contribution in [2.45, 2.75) is 36.8 Å². The molecule has 1 N–H and O–H groups in total. The van der Waals surface area contributed by atoms with Gasteiger partial charge in [-0.05, 0) is 43.2 Å². The normalized spacial score (nSPS) is 15.8. The second-order valence-corrected chi connectivity index (χ2v) is 7.68. The molecule has 6 heteroatoms. The molecule has 27 heavy (non-hydrogen) atoms. The van der Waals surface area contributed by atoms with Gasteiger partial charge in [-0.2, -0.15) is 0 Å². The highest BCUT2D eigenvalue weighted by Gasteiger charge is 2.28. The molecule has 3 rings (SSSR count). The van der Waals surface area contributed by atoms with E-state index in [1.807, 2.05) is 59.1 Å². The van der Waals surface area contributed by atoms with Crippen LogP contribution < -0.4 is 10.2 Å². The third-order valence-electron chi connectivity index (χ3n) is 4.40. The first-order chi connectivity index (χ1) is 13.1. The number of carbonyl (C=O) groups is 2. The van der Waals surface area contributed by atoms with Crippen molar-refractivity contribution < 1.29 is 14.3 Å². The maximum absolute atomic E-state index is 12.9. The fourth-order valence-electron chi connectivity index (χ4n) is 2.98. The van der Waals surface area contributed by atoms with Gasteiger partial charge in [0.05, 0.1) is 18.7 Å². The molecule has 1 heterocycles. The van der Waals surface area contributed by atoms with Crippen LogP contribution in [0.15, 0.2) is 53.4 Å². The van der Waals surface area contributed by atoms with Crippen molar-refractivity contribution in [3.05, 3.63) is 54.1 Å². The Kier molecular flexibility index (Phi) is 6.40. The van der Waals surface area contributed by atoms with Crippen LogP contribution in [0.5, 0.6) is 0 Å². The Bertz CT molecular complexity index is 807. The van der Waals surface area contributed by atoms with Crippen molar-refractivity contribution in [2.75, 3.05) is 23.4 Å². The maximum Gasteiger partial charge on any atom is 0.326 e. The summed E-state index contributed by atoms with van der Waals surface area (Å²) >= 11 is 1.83. The quantitative estimate of drug-likeness (QED) is 0.758. The molecule has 0 aliphatic carbocycles. The average Bonchev–Trinajstić information content (AvgIpc) is 2.68. The first-order valence-corrected chi connectivity index (χ1v) is 10.1. The number of thioether (sulfide) groups is 1. The topological polar surface area (TPSA) is 58.6 Å². The lowest BCUT2D eigenvalue weighted by Crippen LogP contribution is -2.41. The van der Waals surface area contributed by atoms with Gasteiger partial charge in [0.2, 0.25) is 0 Å².